The van der Waals surface area contributed by atoms with E-state index in [2.05, 4.69) is 50.2 Å². The summed E-state index contributed by atoms with van der Waals surface area (Å²) in [5.74, 6) is 0.149. The van der Waals surface area contributed by atoms with Crippen molar-refractivity contribution in [3.8, 4) is 22.4 Å². The van der Waals surface area contributed by atoms with E-state index in [1.807, 2.05) is 79.7 Å². The molecule has 1 heterocycles. The zero-order valence-electron chi connectivity index (χ0n) is 24.0. The van der Waals surface area contributed by atoms with Crippen LogP contribution in [0, 0.1) is 0 Å². The van der Waals surface area contributed by atoms with Crippen LogP contribution in [0.2, 0.25) is 0 Å². The smallest absolute Gasteiger partial charge is 0.255 e. The van der Waals surface area contributed by atoms with E-state index in [0.29, 0.717) is 29.3 Å². The Bertz CT molecular complexity index is 1730. The molecule has 0 bridgehead atoms. The zero-order valence-corrected chi connectivity index (χ0v) is 24.0. The van der Waals surface area contributed by atoms with Gasteiger partial charge >= 0.3 is 0 Å². The molecule has 0 aliphatic carbocycles. The quantitative estimate of drug-likeness (QED) is 0.159. The number of likely N-dealkylation sites (N-methyl/N-ethyl adjacent to an activating group) is 1. The number of hydrogen-bond acceptors (Lipinski definition) is 6. The van der Waals surface area contributed by atoms with Gasteiger partial charge in [-0.3, -0.25) is 9.59 Å². The largest absolute Gasteiger partial charge is 0.340 e. The van der Waals surface area contributed by atoms with E-state index >= 15 is 0 Å². The summed E-state index contributed by atoms with van der Waals surface area (Å²) in [5.41, 5.74) is 6.51. The number of nitrogens with zero attached hydrogens (tertiary/aromatic N) is 3. The first-order chi connectivity index (χ1) is 20.9. The van der Waals surface area contributed by atoms with Gasteiger partial charge in [-0.15, -0.1) is 0 Å². The number of anilines is 4. The van der Waals surface area contributed by atoms with Crippen molar-refractivity contribution in [1.82, 2.24) is 14.9 Å². The molecule has 0 fully saturated rings. The standard InChI is InChI=1S/C35H32N6O2/c1-41(2)20-8-15-34(42)39-29-18-16-26(17-19-29)35(43)40-31-14-7-13-30(22-31)38-33-23-32(36-24-37-33)28-12-6-11-27(21-28)25-9-4-3-5-10-25/h3-19,21-24H,20H2,1-2H3,(H,39,42)(H,40,43)(H,36,37,38)/b15-8+. The molecule has 0 aliphatic heterocycles. The van der Waals surface area contributed by atoms with Crippen LogP contribution in [0.3, 0.4) is 0 Å². The van der Waals surface area contributed by atoms with Crippen molar-refractivity contribution in [2.75, 3.05) is 36.6 Å². The lowest BCUT2D eigenvalue weighted by Crippen LogP contribution is -2.13. The van der Waals surface area contributed by atoms with Crippen molar-refractivity contribution in [3.63, 3.8) is 0 Å². The molecule has 0 aliphatic rings. The molecule has 8 heteroatoms. The Morgan fingerprint density at radius 3 is 2.21 bits per heavy atom. The number of rotatable bonds is 10. The number of carbonyl (C=O) groups excluding carboxylic acids is 2. The van der Waals surface area contributed by atoms with Crippen LogP contribution >= 0.6 is 0 Å². The van der Waals surface area contributed by atoms with Crippen molar-refractivity contribution >= 4 is 34.7 Å². The van der Waals surface area contributed by atoms with E-state index in [1.165, 1.54) is 12.4 Å². The number of hydrogen-bond donors (Lipinski definition) is 3. The minimum Gasteiger partial charge on any atom is -0.340 e. The fraction of sp³-hybridized carbons (Fsp3) is 0.0857. The molecule has 5 rings (SSSR count). The number of carbonyl (C=O) groups is 2. The third-order valence-electron chi connectivity index (χ3n) is 6.48. The summed E-state index contributed by atoms with van der Waals surface area (Å²) in [4.78, 5) is 35.8. The van der Waals surface area contributed by atoms with Crippen LogP contribution in [0.15, 0.2) is 128 Å². The van der Waals surface area contributed by atoms with Crippen molar-refractivity contribution < 1.29 is 9.59 Å². The lowest BCUT2D eigenvalue weighted by atomic mass is 10.0. The summed E-state index contributed by atoms with van der Waals surface area (Å²) < 4.78 is 0. The summed E-state index contributed by atoms with van der Waals surface area (Å²) in [6, 6.07) is 34.5. The second-order valence-corrected chi connectivity index (χ2v) is 10.1. The second kappa shape index (κ2) is 13.8. The molecule has 3 N–H and O–H groups in total. The molecule has 0 saturated heterocycles. The average molecular weight is 569 g/mol. The highest BCUT2D eigenvalue weighted by atomic mass is 16.2. The molecule has 214 valence electrons. The van der Waals surface area contributed by atoms with Gasteiger partial charge in [-0.1, -0.05) is 60.7 Å². The van der Waals surface area contributed by atoms with Crippen LogP contribution in [-0.2, 0) is 4.79 Å². The normalized spacial score (nSPS) is 11.0. The van der Waals surface area contributed by atoms with Crippen LogP contribution in [0.5, 0.6) is 0 Å². The van der Waals surface area contributed by atoms with E-state index in [9.17, 15) is 9.59 Å². The maximum absolute atomic E-state index is 12.9. The maximum Gasteiger partial charge on any atom is 0.255 e. The first kappa shape index (κ1) is 28.9. The van der Waals surface area contributed by atoms with Crippen molar-refractivity contribution in [2.45, 2.75) is 0 Å². The van der Waals surface area contributed by atoms with E-state index in [1.54, 1.807) is 30.3 Å². The van der Waals surface area contributed by atoms with Crippen LogP contribution < -0.4 is 16.0 Å². The Kier molecular flexibility index (Phi) is 9.31. The van der Waals surface area contributed by atoms with Crippen LogP contribution in [0.4, 0.5) is 22.9 Å². The number of aromatic nitrogens is 2. The van der Waals surface area contributed by atoms with Gasteiger partial charge in [0.25, 0.3) is 5.91 Å². The third-order valence-corrected chi connectivity index (χ3v) is 6.48. The minimum absolute atomic E-state index is 0.222. The Balaban J connectivity index is 1.22. The number of amides is 2. The predicted octanol–water partition coefficient (Wildman–Crippen LogP) is 6.86. The highest BCUT2D eigenvalue weighted by Crippen LogP contribution is 2.27. The van der Waals surface area contributed by atoms with Gasteiger partial charge in [0.2, 0.25) is 5.91 Å². The van der Waals surface area contributed by atoms with E-state index in [0.717, 1.165) is 28.1 Å². The molecule has 0 unspecified atom stereocenters. The molecule has 0 saturated carbocycles. The van der Waals surface area contributed by atoms with Crippen molar-refractivity contribution in [3.05, 3.63) is 133 Å². The maximum atomic E-state index is 12.9. The zero-order chi connectivity index (χ0) is 30.0. The first-order valence-electron chi connectivity index (χ1n) is 13.8. The number of benzene rings is 4. The number of nitrogens with one attached hydrogen (secondary N) is 3. The van der Waals surface area contributed by atoms with Gasteiger partial charge in [-0.2, -0.15) is 0 Å². The summed E-state index contributed by atoms with van der Waals surface area (Å²) in [6.45, 7) is 0.674. The van der Waals surface area contributed by atoms with Gasteiger partial charge in [0.05, 0.1) is 5.69 Å². The second-order valence-electron chi connectivity index (χ2n) is 10.1. The van der Waals surface area contributed by atoms with Crippen molar-refractivity contribution in [2.24, 2.45) is 0 Å². The minimum atomic E-state index is -0.261. The van der Waals surface area contributed by atoms with Crippen LogP contribution in [0.25, 0.3) is 22.4 Å². The molecule has 0 atom stereocenters. The van der Waals surface area contributed by atoms with Crippen molar-refractivity contribution in [1.29, 1.82) is 0 Å². The molecule has 4 aromatic carbocycles. The first-order valence-corrected chi connectivity index (χ1v) is 13.8. The van der Waals surface area contributed by atoms with Gasteiger partial charge in [-0.25, -0.2) is 9.97 Å². The van der Waals surface area contributed by atoms with Gasteiger partial charge in [-0.05, 0) is 73.8 Å². The molecular formula is C35H32N6O2. The molecule has 0 radical (unpaired) electrons. The van der Waals surface area contributed by atoms with Gasteiger partial charge in [0.1, 0.15) is 12.1 Å². The molecule has 8 nitrogen and oxygen atoms in total. The monoisotopic (exact) mass is 568 g/mol. The fourth-order valence-electron chi connectivity index (χ4n) is 4.36. The summed E-state index contributed by atoms with van der Waals surface area (Å²) in [7, 11) is 3.86. The van der Waals surface area contributed by atoms with Crippen LogP contribution in [0.1, 0.15) is 10.4 Å². The molecule has 5 aromatic rings. The van der Waals surface area contributed by atoms with Crippen LogP contribution in [-0.4, -0.2) is 47.3 Å². The molecule has 1 aromatic heterocycles. The SMILES string of the molecule is CN(C)C/C=C/C(=O)Nc1ccc(C(=O)Nc2cccc(Nc3cc(-c4cccc(-c5ccccc5)c4)ncn3)c2)cc1. The molecule has 43 heavy (non-hydrogen) atoms. The Morgan fingerprint density at radius 2 is 1.42 bits per heavy atom. The lowest BCUT2D eigenvalue weighted by Gasteiger charge is -2.11. The van der Waals surface area contributed by atoms with Gasteiger partial charge in [0.15, 0.2) is 0 Å². The highest BCUT2D eigenvalue weighted by Gasteiger charge is 2.09. The average Bonchev–Trinajstić information content (AvgIpc) is 3.02. The van der Waals surface area contributed by atoms with E-state index in [4.69, 9.17) is 0 Å². The Labute approximate surface area is 251 Å². The third kappa shape index (κ3) is 8.22. The predicted molar refractivity (Wildman–Crippen MR) is 173 cm³/mol. The molecular weight excluding hydrogens is 536 g/mol. The molecule has 0 spiro atoms. The van der Waals surface area contributed by atoms with Gasteiger partial charge < -0.3 is 20.9 Å². The summed E-state index contributed by atoms with van der Waals surface area (Å²) in [5, 5.41) is 9.03. The topological polar surface area (TPSA) is 99.2 Å². The Hall–Kier alpha value is -5.60. The fourth-order valence-corrected chi connectivity index (χ4v) is 4.36. The summed E-state index contributed by atoms with van der Waals surface area (Å²) in [6.07, 6.45) is 4.81. The lowest BCUT2D eigenvalue weighted by molar-refractivity contribution is -0.111. The summed E-state index contributed by atoms with van der Waals surface area (Å²) >= 11 is 0. The van der Waals surface area contributed by atoms with E-state index < -0.39 is 0 Å². The van der Waals surface area contributed by atoms with Gasteiger partial charge in [0, 0.05) is 46.9 Å². The Morgan fingerprint density at radius 1 is 0.698 bits per heavy atom. The highest BCUT2D eigenvalue weighted by molar-refractivity contribution is 6.05. The van der Waals surface area contributed by atoms with E-state index in [-0.39, 0.29) is 11.8 Å². The molecule has 2 amide bonds.